The largest absolute Gasteiger partial charge is 0.435 e. The SMILES string of the molecule is COCC(CNC1CC1)n1ccc(C(F)(F)F)n1. The molecule has 0 radical (unpaired) electrons. The van der Waals surface area contributed by atoms with E-state index >= 15 is 0 Å². The van der Waals surface area contributed by atoms with E-state index in [0.717, 1.165) is 18.9 Å². The Bertz CT molecular complexity index is 387. The van der Waals surface area contributed by atoms with Crippen molar-refractivity contribution < 1.29 is 17.9 Å². The number of rotatable bonds is 6. The minimum atomic E-state index is -4.40. The van der Waals surface area contributed by atoms with Gasteiger partial charge in [-0.25, -0.2) is 0 Å². The van der Waals surface area contributed by atoms with Crippen LogP contribution in [0.15, 0.2) is 12.3 Å². The molecule has 0 aromatic carbocycles. The van der Waals surface area contributed by atoms with Crippen LogP contribution in [-0.4, -0.2) is 36.1 Å². The molecule has 4 nitrogen and oxygen atoms in total. The molecule has 1 N–H and O–H groups in total. The quantitative estimate of drug-likeness (QED) is 0.851. The average Bonchev–Trinajstić information content (AvgIpc) is 2.97. The third-order valence-electron chi connectivity index (χ3n) is 2.85. The molecular weight excluding hydrogens is 247 g/mol. The summed E-state index contributed by atoms with van der Waals surface area (Å²) in [6.45, 7) is 0.899. The molecule has 1 aromatic rings. The lowest BCUT2D eigenvalue weighted by molar-refractivity contribution is -0.141. The molecule has 7 heteroatoms. The monoisotopic (exact) mass is 263 g/mol. The van der Waals surface area contributed by atoms with Gasteiger partial charge in [-0.1, -0.05) is 0 Å². The summed E-state index contributed by atoms with van der Waals surface area (Å²) in [7, 11) is 1.53. The summed E-state index contributed by atoms with van der Waals surface area (Å²) < 4.78 is 43.7. The summed E-state index contributed by atoms with van der Waals surface area (Å²) in [5.74, 6) is 0. The molecule has 1 atom stereocenters. The van der Waals surface area contributed by atoms with Crippen LogP contribution in [0.3, 0.4) is 0 Å². The molecule has 102 valence electrons. The maximum Gasteiger partial charge on any atom is 0.435 e. The minimum Gasteiger partial charge on any atom is -0.382 e. The minimum absolute atomic E-state index is 0.216. The van der Waals surface area contributed by atoms with E-state index in [-0.39, 0.29) is 6.04 Å². The molecule has 1 heterocycles. The third-order valence-corrected chi connectivity index (χ3v) is 2.85. The lowest BCUT2D eigenvalue weighted by atomic mass is 10.3. The summed E-state index contributed by atoms with van der Waals surface area (Å²) >= 11 is 0. The van der Waals surface area contributed by atoms with E-state index in [1.807, 2.05) is 0 Å². The van der Waals surface area contributed by atoms with Crippen molar-refractivity contribution in [2.24, 2.45) is 0 Å². The number of aromatic nitrogens is 2. The highest BCUT2D eigenvalue weighted by molar-refractivity contribution is 5.04. The number of halogens is 3. The molecule has 1 aromatic heterocycles. The molecule has 0 amide bonds. The summed E-state index contributed by atoms with van der Waals surface area (Å²) in [6, 6.07) is 1.27. The lowest BCUT2D eigenvalue weighted by Crippen LogP contribution is -2.30. The molecule has 1 fully saturated rings. The second kappa shape index (κ2) is 5.27. The molecule has 18 heavy (non-hydrogen) atoms. The Balaban J connectivity index is 2.01. The van der Waals surface area contributed by atoms with E-state index in [0.29, 0.717) is 19.2 Å². The van der Waals surface area contributed by atoms with Gasteiger partial charge in [0.25, 0.3) is 0 Å². The van der Waals surface area contributed by atoms with Gasteiger partial charge in [0.15, 0.2) is 5.69 Å². The normalized spacial score (nSPS) is 18.0. The van der Waals surface area contributed by atoms with Crippen molar-refractivity contribution >= 4 is 0 Å². The first-order valence-electron chi connectivity index (χ1n) is 5.85. The zero-order valence-corrected chi connectivity index (χ0v) is 10.1. The van der Waals surface area contributed by atoms with Crippen molar-refractivity contribution in [3.8, 4) is 0 Å². The first-order chi connectivity index (χ1) is 8.50. The van der Waals surface area contributed by atoms with Crippen molar-refractivity contribution in [3.05, 3.63) is 18.0 Å². The third kappa shape index (κ3) is 3.46. The van der Waals surface area contributed by atoms with Crippen LogP contribution < -0.4 is 5.32 Å². The molecule has 1 saturated carbocycles. The summed E-state index contributed by atoms with van der Waals surface area (Å²) in [5.41, 5.74) is -0.866. The second-order valence-electron chi connectivity index (χ2n) is 4.47. The highest BCUT2D eigenvalue weighted by atomic mass is 19.4. The smallest absolute Gasteiger partial charge is 0.382 e. The fraction of sp³-hybridized carbons (Fsp3) is 0.727. The molecule has 1 aliphatic rings. The molecular formula is C11H16F3N3O. The number of hydrogen-bond donors (Lipinski definition) is 1. The Hall–Kier alpha value is -1.08. The summed E-state index contributed by atoms with van der Waals surface area (Å²) in [6.07, 6.45) is -0.785. The number of methoxy groups -OCH3 is 1. The molecule has 2 rings (SSSR count). The lowest BCUT2D eigenvalue weighted by Gasteiger charge is -2.17. The van der Waals surface area contributed by atoms with E-state index in [1.165, 1.54) is 18.0 Å². The Kier molecular flexibility index (Phi) is 3.91. The molecule has 1 aliphatic carbocycles. The van der Waals surface area contributed by atoms with Crippen molar-refractivity contribution in [1.82, 2.24) is 15.1 Å². The van der Waals surface area contributed by atoms with Crippen LogP contribution in [0.5, 0.6) is 0 Å². The van der Waals surface area contributed by atoms with Gasteiger partial charge in [0.05, 0.1) is 12.6 Å². The number of alkyl halides is 3. The van der Waals surface area contributed by atoms with Crippen LogP contribution >= 0.6 is 0 Å². The van der Waals surface area contributed by atoms with Gasteiger partial charge in [0.1, 0.15) is 0 Å². The van der Waals surface area contributed by atoms with Gasteiger partial charge >= 0.3 is 6.18 Å². The Labute approximate surface area is 103 Å². The summed E-state index contributed by atoms with van der Waals surface area (Å²) in [5, 5.41) is 6.84. The summed E-state index contributed by atoms with van der Waals surface area (Å²) in [4.78, 5) is 0. The van der Waals surface area contributed by atoms with Crippen LogP contribution in [0.2, 0.25) is 0 Å². The Morgan fingerprint density at radius 3 is 2.78 bits per heavy atom. The van der Waals surface area contributed by atoms with Crippen molar-refractivity contribution in [2.45, 2.75) is 31.1 Å². The van der Waals surface area contributed by atoms with Crippen LogP contribution in [-0.2, 0) is 10.9 Å². The predicted molar refractivity (Wildman–Crippen MR) is 59.2 cm³/mol. The van der Waals surface area contributed by atoms with Crippen molar-refractivity contribution in [3.63, 3.8) is 0 Å². The number of ether oxygens (including phenoxy) is 1. The molecule has 1 unspecified atom stereocenters. The van der Waals surface area contributed by atoms with Gasteiger partial charge in [-0.2, -0.15) is 18.3 Å². The van der Waals surface area contributed by atoms with E-state index in [4.69, 9.17) is 4.74 Å². The number of hydrogen-bond acceptors (Lipinski definition) is 3. The topological polar surface area (TPSA) is 39.1 Å². The standard InChI is InChI=1S/C11H16F3N3O/c1-18-7-9(6-15-8-2-3-8)17-5-4-10(16-17)11(12,13)14/h4-5,8-9,15H,2-3,6-7H2,1H3. The van der Waals surface area contributed by atoms with Crippen LogP contribution in [0.25, 0.3) is 0 Å². The second-order valence-corrected chi connectivity index (χ2v) is 4.47. The van der Waals surface area contributed by atoms with Gasteiger partial charge in [-0.05, 0) is 18.9 Å². The van der Waals surface area contributed by atoms with Crippen molar-refractivity contribution in [1.29, 1.82) is 0 Å². The fourth-order valence-corrected chi connectivity index (χ4v) is 1.70. The maximum absolute atomic E-state index is 12.5. The van der Waals surface area contributed by atoms with Crippen LogP contribution in [0, 0.1) is 0 Å². The number of nitrogens with zero attached hydrogens (tertiary/aromatic N) is 2. The van der Waals surface area contributed by atoms with Gasteiger partial charge < -0.3 is 10.1 Å². The Morgan fingerprint density at radius 2 is 2.28 bits per heavy atom. The molecule has 0 aliphatic heterocycles. The zero-order valence-electron chi connectivity index (χ0n) is 10.1. The van der Waals surface area contributed by atoms with E-state index in [2.05, 4.69) is 10.4 Å². The van der Waals surface area contributed by atoms with E-state index < -0.39 is 11.9 Å². The average molecular weight is 263 g/mol. The zero-order chi connectivity index (χ0) is 13.2. The first kappa shape index (κ1) is 13.4. The van der Waals surface area contributed by atoms with Gasteiger partial charge in [0, 0.05) is 25.9 Å². The highest BCUT2D eigenvalue weighted by Gasteiger charge is 2.34. The molecule has 0 spiro atoms. The van der Waals surface area contributed by atoms with Crippen molar-refractivity contribution in [2.75, 3.05) is 20.3 Å². The Morgan fingerprint density at radius 1 is 1.56 bits per heavy atom. The fourth-order valence-electron chi connectivity index (χ4n) is 1.70. The van der Waals surface area contributed by atoms with E-state index in [1.54, 1.807) is 0 Å². The van der Waals surface area contributed by atoms with Crippen LogP contribution in [0.1, 0.15) is 24.6 Å². The van der Waals surface area contributed by atoms with Gasteiger partial charge in [-0.15, -0.1) is 0 Å². The van der Waals surface area contributed by atoms with E-state index in [9.17, 15) is 13.2 Å². The maximum atomic E-state index is 12.5. The first-order valence-corrected chi connectivity index (χ1v) is 5.85. The van der Waals surface area contributed by atoms with Gasteiger partial charge in [0.2, 0.25) is 0 Å². The number of nitrogens with one attached hydrogen (secondary N) is 1. The molecule has 0 saturated heterocycles. The highest BCUT2D eigenvalue weighted by Crippen LogP contribution is 2.28. The van der Waals surface area contributed by atoms with Crippen LogP contribution in [0.4, 0.5) is 13.2 Å². The van der Waals surface area contributed by atoms with Gasteiger partial charge in [-0.3, -0.25) is 4.68 Å². The predicted octanol–water partition coefficient (Wildman–Crippen LogP) is 1.84. The molecule has 0 bridgehead atoms.